The number of halogens is 2. The monoisotopic (exact) mass is 506 g/mol. The van der Waals surface area contributed by atoms with E-state index in [1.54, 1.807) is 42.7 Å². The third-order valence-corrected chi connectivity index (χ3v) is 6.02. The predicted octanol–water partition coefficient (Wildman–Crippen LogP) is 3.72. The topological polar surface area (TPSA) is 108 Å². The summed E-state index contributed by atoms with van der Waals surface area (Å²) in [6, 6.07) is 14.2. The number of hydrogen-bond acceptors (Lipinski definition) is 5. The molecule has 2 amide bonds. The van der Waals surface area contributed by atoms with Crippen LogP contribution in [0.1, 0.15) is 15.9 Å². The van der Waals surface area contributed by atoms with Gasteiger partial charge < -0.3 is 10.6 Å². The van der Waals surface area contributed by atoms with Crippen molar-refractivity contribution >= 4 is 56.4 Å². The molecule has 11 heteroatoms. The molecule has 0 aliphatic carbocycles. The lowest BCUT2D eigenvalue weighted by molar-refractivity contribution is -0.114. The van der Waals surface area contributed by atoms with Crippen LogP contribution in [0.2, 0.25) is 10.0 Å². The van der Waals surface area contributed by atoms with E-state index >= 15 is 0 Å². The molecule has 8 nitrogen and oxygen atoms in total. The third-order valence-electron chi connectivity index (χ3n) is 4.44. The molecule has 0 unspecified atom stereocenters. The van der Waals surface area contributed by atoms with E-state index in [1.807, 2.05) is 6.07 Å². The Hall–Kier alpha value is -3.14. The predicted molar refractivity (Wildman–Crippen MR) is 129 cm³/mol. The Labute approximate surface area is 201 Å². The number of nitrogens with zero attached hydrogens (tertiary/aromatic N) is 2. The maximum Gasteiger partial charge on any atom is 0.253 e. The first-order chi connectivity index (χ1) is 15.6. The normalized spacial score (nSPS) is 11.0. The number of hydrogen-bond donors (Lipinski definition) is 2. The van der Waals surface area contributed by atoms with E-state index < -0.39 is 28.4 Å². The van der Waals surface area contributed by atoms with Crippen LogP contribution in [0.5, 0.6) is 0 Å². The Morgan fingerprint density at radius 1 is 1.03 bits per heavy atom. The SMILES string of the molecule is CS(=O)(=O)N(CC(=O)Nc1ccccc1C(=O)NCc1cccnc1)c1cc(Cl)cc(Cl)c1. The van der Waals surface area contributed by atoms with E-state index in [9.17, 15) is 18.0 Å². The van der Waals surface area contributed by atoms with Crippen molar-refractivity contribution in [2.24, 2.45) is 0 Å². The number of pyridine rings is 1. The average molecular weight is 507 g/mol. The molecular formula is C22H20Cl2N4O4S. The van der Waals surface area contributed by atoms with Crippen LogP contribution in [0, 0.1) is 0 Å². The number of carbonyl (C=O) groups excluding carboxylic acids is 2. The second-order valence-corrected chi connectivity index (χ2v) is 9.81. The minimum absolute atomic E-state index is 0.146. The van der Waals surface area contributed by atoms with Gasteiger partial charge in [0.2, 0.25) is 15.9 Å². The first-order valence-corrected chi connectivity index (χ1v) is 12.2. The summed E-state index contributed by atoms with van der Waals surface area (Å²) in [5, 5.41) is 5.82. The summed E-state index contributed by atoms with van der Waals surface area (Å²) in [5.74, 6) is -1.06. The van der Waals surface area contributed by atoms with Crippen molar-refractivity contribution in [1.29, 1.82) is 0 Å². The zero-order valence-electron chi connectivity index (χ0n) is 17.5. The van der Waals surface area contributed by atoms with Crippen LogP contribution >= 0.6 is 23.2 Å². The smallest absolute Gasteiger partial charge is 0.253 e. The van der Waals surface area contributed by atoms with Gasteiger partial charge in [-0.05, 0) is 42.0 Å². The van der Waals surface area contributed by atoms with E-state index in [1.165, 1.54) is 18.2 Å². The summed E-state index contributed by atoms with van der Waals surface area (Å²) in [6.07, 6.45) is 4.23. The molecule has 0 aliphatic rings. The largest absolute Gasteiger partial charge is 0.348 e. The van der Waals surface area contributed by atoms with E-state index in [-0.39, 0.29) is 33.5 Å². The minimum atomic E-state index is -3.83. The molecule has 0 atom stereocenters. The maximum atomic E-state index is 12.7. The highest BCUT2D eigenvalue weighted by Crippen LogP contribution is 2.27. The van der Waals surface area contributed by atoms with Gasteiger partial charge >= 0.3 is 0 Å². The standard InChI is InChI=1S/C22H20Cl2N4O4S/c1-33(31,32)28(18-10-16(23)9-17(24)11-18)14-21(29)27-20-7-3-2-6-19(20)22(30)26-13-15-5-4-8-25-12-15/h2-12H,13-14H2,1H3,(H,26,30)(H,27,29). The van der Waals surface area contributed by atoms with Crippen LogP contribution in [0.25, 0.3) is 0 Å². The molecule has 0 bridgehead atoms. The van der Waals surface area contributed by atoms with Crippen LogP contribution in [-0.4, -0.2) is 38.0 Å². The van der Waals surface area contributed by atoms with Gasteiger partial charge in [-0.15, -0.1) is 0 Å². The van der Waals surface area contributed by atoms with Crippen LogP contribution in [-0.2, 0) is 21.4 Å². The zero-order valence-corrected chi connectivity index (χ0v) is 19.8. The second-order valence-electron chi connectivity index (χ2n) is 7.03. The third kappa shape index (κ3) is 6.92. The van der Waals surface area contributed by atoms with Gasteiger partial charge in [0.1, 0.15) is 6.54 Å². The first kappa shape index (κ1) is 24.5. The Morgan fingerprint density at radius 2 is 1.73 bits per heavy atom. The number of rotatable bonds is 8. The second kappa shape index (κ2) is 10.7. The molecule has 3 rings (SSSR count). The zero-order chi connectivity index (χ0) is 24.0. The lowest BCUT2D eigenvalue weighted by Crippen LogP contribution is -2.37. The van der Waals surface area contributed by atoms with Crippen LogP contribution < -0.4 is 14.9 Å². The highest BCUT2D eigenvalue weighted by atomic mass is 35.5. The number of amides is 2. The van der Waals surface area contributed by atoms with Crippen molar-refractivity contribution in [3.63, 3.8) is 0 Å². The van der Waals surface area contributed by atoms with E-state index in [0.29, 0.717) is 0 Å². The fourth-order valence-electron chi connectivity index (χ4n) is 2.97. The van der Waals surface area contributed by atoms with E-state index in [0.717, 1.165) is 16.1 Å². The van der Waals surface area contributed by atoms with Gasteiger partial charge in [0.05, 0.1) is 23.2 Å². The van der Waals surface area contributed by atoms with Crippen LogP contribution in [0.3, 0.4) is 0 Å². The molecule has 1 aromatic heterocycles. The van der Waals surface area contributed by atoms with Gasteiger partial charge in [0, 0.05) is 29.0 Å². The number of sulfonamides is 1. The van der Waals surface area contributed by atoms with Crippen molar-refractivity contribution in [2.45, 2.75) is 6.54 Å². The molecule has 3 aromatic rings. The Kier molecular flexibility index (Phi) is 7.91. The number of carbonyl (C=O) groups is 2. The summed E-state index contributed by atoms with van der Waals surface area (Å²) < 4.78 is 25.5. The fraction of sp³-hybridized carbons (Fsp3) is 0.136. The molecule has 0 aliphatic heterocycles. The molecule has 0 radical (unpaired) electrons. The van der Waals surface area contributed by atoms with Crippen molar-refractivity contribution in [3.05, 3.63) is 88.2 Å². The molecule has 172 valence electrons. The van der Waals surface area contributed by atoms with E-state index in [2.05, 4.69) is 15.6 Å². The Bertz CT molecular complexity index is 1250. The summed E-state index contributed by atoms with van der Waals surface area (Å²) in [7, 11) is -3.83. The van der Waals surface area contributed by atoms with Gasteiger partial charge in [0.25, 0.3) is 5.91 Å². The quantitative estimate of drug-likeness (QED) is 0.483. The highest BCUT2D eigenvalue weighted by molar-refractivity contribution is 7.92. The van der Waals surface area contributed by atoms with Gasteiger partial charge in [0.15, 0.2) is 0 Å². The molecular weight excluding hydrogens is 487 g/mol. The summed E-state index contributed by atoms with van der Waals surface area (Å²) >= 11 is 12.0. The number of anilines is 2. The molecule has 0 fully saturated rings. The molecule has 1 heterocycles. The number of benzene rings is 2. The van der Waals surface area contributed by atoms with Crippen molar-refractivity contribution < 1.29 is 18.0 Å². The average Bonchev–Trinajstić information content (AvgIpc) is 2.75. The maximum absolute atomic E-state index is 12.7. The summed E-state index contributed by atoms with van der Waals surface area (Å²) in [4.78, 5) is 29.4. The van der Waals surface area contributed by atoms with Crippen molar-refractivity contribution in [2.75, 3.05) is 22.4 Å². The lowest BCUT2D eigenvalue weighted by Gasteiger charge is -2.22. The van der Waals surface area contributed by atoms with Crippen molar-refractivity contribution in [3.8, 4) is 0 Å². The molecule has 0 spiro atoms. The molecule has 33 heavy (non-hydrogen) atoms. The Morgan fingerprint density at radius 3 is 2.36 bits per heavy atom. The number of nitrogens with one attached hydrogen (secondary N) is 2. The number of aromatic nitrogens is 1. The fourth-order valence-corrected chi connectivity index (χ4v) is 4.33. The molecule has 2 aromatic carbocycles. The minimum Gasteiger partial charge on any atom is -0.348 e. The van der Waals surface area contributed by atoms with Crippen molar-refractivity contribution in [1.82, 2.24) is 10.3 Å². The number of para-hydroxylation sites is 1. The summed E-state index contributed by atoms with van der Waals surface area (Å²) in [6.45, 7) is -0.284. The van der Waals surface area contributed by atoms with Gasteiger partial charge in [-0.1, -0.05) is 41.4 Å². The van der Waals surface area contributed by atoms with Crippen LogP contribution in [0.4, 0.5) is 11.4 Å². The van der Waals surface area contributed by atoms with Gasteiger partial charge in [-0.25, -0.2) is 8.42 Å². The van der Waals surface area contributed by atoms with Crippen LogP contribution in [0.15, 0.2) is 67.0 Å². The highest BCUT2D eigenvalue weighted by Gasteiger charge is 2.23. The first-order valence-electron chi connectivity index (χ1n) is 9.63. The Balaban J connectivity index is 1.76. The molecule has 0 saturated heterocycles. The molecule has 2 N–H and O–H groups in total. The summed E-state index contributed by atoms with van der Waals surface area (Å²) in [5.41, 5.74) is 1.43. The van der Waals surface area contributed by atoms with Gasteiger partial charge in [-0.2, -0.15) is 0 Å². The lowest BCUT2D eigenvalue weighted by atomic mass is 10.1. The van der Waals surface area contributed by atoms with E-state index in [4.69, 9.17) is 23.2 Å². The molecule has 0 saturated carbocycles. The van der Waals surface area contributed by atoms with Gasteiger partial charge in [-0.3, -0.25) is 18.9 Å².